The maximum absolute atomic E-state index is 16.2. The number of sulfonamides is 1. The van der Waals surface area contributed by atoms with Crippen LogP contribution in [0.3, 0.4) is 0 Å². The highest BCUT2D eigenvalue weighted by Crippen LogP contribution is 2.42. The zero-order chi connectivity index (χ0) is 37.8. The molecule has 3 heterocycles. The highest BCUT2D eigenvalue weighted by molar-refractivity contribution is 7.92. The average Bonchev–Trinajstić information content (AvgIpc) is 3.50. The molecule has 0 radical (unpaired) electrons. The van der Waals surface area contributed by atoms with E-state index in [9.17, 15) is 18.0 Å². The quantitative estimate of drug-likeness (QED) is 0.174. The predicted octanol–water partition coefficient (Wildman–Crippen LogP) is 7.63. The van der Waals surface area contributed by atoms with Crippen LogP contribution in [0.15, 0.2) is 54.7 Å². The molecule has 16 heteroatoms. The van der Waals surface area contributed by atoms with Crippen LogP contribution in [-0.2, 0) is 19.5 Å². The number of carbonyl (C=O) groups is 2. The first-order valence-corrected chi connectivity index (χ1v) is 19.3. The molecule has 1 fully saturated rings. The summed E-state index contributed by atoms with van der Waals surface area (Å²) in [7, 11) is -3.77. The number of carbonyl (C=O) groups excluding carboxylic acids is 2. The number of ether oxygens (including phenoxy) is 2. The Kier molecular flexibility index (Phi) is 11.4. The summed E-state index contributed by atoms with van der Waals surface area (Å²) in [6, 6.07) is 13.8. The first kappa shape index (κ1) is 38.4. The van der Waals surface area contributed by atoms with Crippen molar-refractivity contribution < 1.29 is 31.9 Å². The highest BCUT2D eigenvalue weighted by atomic mass is 32.2. The summed E-state index contributed by atoms with van der Waals surface area (Å²) in [5, 5.41) is 3.10. The zero-order valence-corrected chi connectivity index (χ0v) is 32.0. The summed E-state index contributed by atoms with van der Waals surface area (Å²) >= 11 is 1.26. The van der Waals surface area contributed by atoms with Gasteiger partial charge in [-0.15, -0.1) is 11.3 Å². The molecule has 4 aromatic rings. The third kappa shape index (κ3) is 9.94. The van der Waals surface area contributed by atoms with Crippen molar-refractivity contribution in [2.45, 2.75) is 66.1 Å². The van der Waals surface area contributed by atoms with Crippen LogP contribution in [0.4, 0.5) is 31.3 Å². The minimum Gasteiger partial charge on any atom is -0.444 e. The molecule has 52 heavy (non-hydrogen) atoms. The van der Waals surface area contributed by atoms with E-state index >= 15 is 4.39 Å². The van der Waals surface area contributed by atoms with Gasteiger partial charge in [0.15, 0.2) is 5.82 Å². The summed E-state index contributed by atoms with van der Waals surface area (Å²) in [6.07, 6.45) is 0.764. The van der Waals surface area contributed by atoms with Crippen LogP contribution < -0.4 is 14.9 Å². The van der Waals surface area contributed by atoms with Gasteiger partial charge in [0, 0.05) is 49.2 Å². The van der Waals surface area contributed by atoms with Gasteiger partial charge >= 0.3 is 12.2 Å². The summed E-state index contributed by atoms with van der Waals surface area (Å²) in [5.41, 5.74) is 0.881. The van der Waals surface area contributed by atoms with E-state index < -0.39 is 33.1 Å². The summed E-state index contributed by atoms with van der Waals surface area (Å²) in [5.74, 6) is -0.973. The molecule has 5 rings (SSSR count). The Balaban J connectivity index is 1.47. The van der Waals surface area contributed by atoms with E-state index in [-0.39, 0.29) is 34.7 Å². The van der Waals surface area contributed by atoms with E-state index in [0.717, 1.165) is 11.3 Å². The van der Waals surface area contributed by atoms with E-state index in [1.165, 1.54) is 29.7 Å². The molecule has 2 aromatic heterocycles. The van der Waals surface area contributed by atoms with Crippen LogP contribution in [0.5, 0.6) is 0 Å². The lowest BCUT2D eigenvalue weighted by molar-refractivity contribution is 0.0240. The van der Waals surface area contributed by atoms with Gasteiger partial charge in [0.25, 0.3) is 0 Å². The number of nitrogens with zero attached hydrogens (tertiary/aromatic N) is 5. The molecule has 2 N–H and O–H groups in total. The van der Waals surface area contributed by atoms with Crippen molar-refractivity contribution in [1.82, 2.24) is 19.9 Å². The second-order valence-corrected chi connectivity index (χ2v) is 17.0. The smallest absolute Gasteiger partial charge is 0.414 e. The lowest BCUT2D eigenvalue weighted by Gasteiger charge is -2.36. The summed E-state index contributed by atoms with van der Waals surface area (Å²) in [4.78, 5) is 42.9. The molecule has 0 bridgehead atoms. The molecular formula is C36H44FN7O6S2. The molecule has 0 unspecified atom stereocenters. The van der Waals surface area contributed by atoms with E-state index in [1.54, 1.807) is 44.7 Å². The van der Waals surface area contributed by atoms with Crippen LogP contribution in [0.1, 0.15) is 54.9 Å². The van der Waals surface area contributed by atoms with Crippen LogP contribution in [0, 0.1) is 5.82 Å². The van der Waals surface area contributed by atoms with Crippen molar-refractivity contribution in [3.8, 4) is 32.4 Å². The van der Waals surface area contributed by atoms with E-state index in [1.807, 2.05) is 45.0 Å². The van der Waals surface area contributed by atoms with E-state index in [4.69, 9.17) is 14.5 Å². The molecule has 0 aliphatic carbocycles. The largest absolute Gasteiger partial charge is 0.444 e. The van der Waals surface area contributed by atoms with Gasteiger partial charge in [-0.1, -0.05) is 13.0 Å². The lowest BCUT2D eigenvalue weighted by atomic mass is 10.1. The van der Waals surface area contributed by atoms with Gasteiger partial charge < -0.3 is 19.3 Å². The molecule has 1 aliphatic heterocycles. The minimum atomic E-state index is -3.77. The predicted molar refractivity (Wildman–Crippen MR) is 202 cm³/mol. The Labute approximate surface area is 307 Å². The molecule has 1 aliphatic rings. The third-order valence-electron chi connectivity index (χ3n) is 7.53. The molecule has 13 nitrogen and oxygen atoms in total. The maximum Gasteiger partial charge on any atom is 0.414 e. The van der Waals surface area contributed by atoms with Crippen molar-refractivity contribution in [2.24, 2.45) is 0 Å². The first-order valence-electron chi connectivity index (χ1n) is 16.9. The maximum atomic E-state index is 16.2. The number of hydrogen-bond acceptors (Lipinski definition) is 11. The molecule has 278 valence electrons. The number of hydrogen-bond donors (Lipinski definition) is 2. The second kappa shape index (κ2) is 15.4. The van der Waals surface area contributed by atoms with Crippen LogP contribution in [0.25, 0.3) is 32.4 Å². The molecule has 2 aromatic carbocycles. The number of rotatable bonds is 9. The molecule has 0 spiro atoms. The normalized spacial score (nSPS) is 13.8. The molecule has 2 amide bonds. The number of amides is 2. The fourth-order valence-electron chi connectivity index (χ4n) is 5.31. The third-order valence-corrected chi connectivity index (χ3v) is 10.1. The SMILES string of the molecule is CCCS(=O)(=O)Nc1cccc(-c2nc(-c3ccc(N4CCN(C(=O)OC(C)(C)C)CC4)cc3)sc2-c2ccnc(NC(=O)OC(C)(C)C)n2)c1F. The highest BCUT2D eigenvalue weighted by Gasteiger charge is 2.27. The monoisotopic (exact) mass is 753 g/mol. The van der Waals surface area contributed by atoms with Gasteiger partial charge in [0.1, 0.15) is 16.2 Å². The number of nitrogens with one attached hydrogen (secondary N) is 2. The minimum absolute atomic E-state index is 0.0229. The number of piperazine rings is 1. The number of aromatic nitrogens is 3. The second-order valence-electron chi connectivity index (χ2n) is 14.2. The van der Waals surface area contributed by atoms with Crippen molar-refractivity contribution in [3.05, 3.63) is 60.5 Å². The van der Waals surface area contributed by atoms with E-state index in [0.29, 0.717) is 48.2 Å². The Bertz CT molecular complexity index is 2020. The Morgan fingerprint density at radius 3 is 2.23 bits per heavy atom. The number of anilines is 3. The van der Waals surface area contributed by atoms with Crippen molar-refractivity contribution in [3.63, 3.8) is 0 Å². The zero-order valence-electron chi connectivity index (χ0n) is 30.3. The standard InChI is InChI=1S/C36H44FN7O6S2/c1-8-22-52(47,48)42-26-11-9-10-25(28(26)37)29-30(27-16-17-38-32(39-27)41-33(45)49-35(2,3)4)51-31(40-29)23-12-14-24(15-13-23)43-18-20-44(21-19-43)34(46)50-36(5,6)7/h9-17,42H,8,18-22H2,1-7H3,(H,38,39,41,45). The van der Waals surface area contributed by atoms with Crippen molar-refractivity contribution >= 4 is 50.9 Å². The van der Waals surface area contributed by atoms with Crippen LogP contribution in [0.2, 0.25) is 0 Å². The average molecular weight is 754 g/mol. The Morgan fingerprint density at radius 1 is 0.923 bits per heavy atom. The van der Waals surface area contributed by atoms with Gasteiger partial charge in [-0.3, -0.25) is 10.0 Å². The summed E-state index contributed by atoms with van der Waals surface area (Å²) in [6.45, 7) is 14.8. The fraction of sp³-hybridized carbons (Fsp3) is 0.417. The van der Waals surface area contributed by atoms with Gasteiger partial charge in [-0.25, -0.2) is 37.3 Å². The Morgan fingerprint density at radius 2 is 1.60 bits per heavy atom. The van der Waals surface area contributed by atoms with Gasteiger partial charge in [0.05, 0.1) is 27.7 Å². The number of benzene rings is 2. The van der Waals surface area contributed by atoms with E-state index in [2.05, 4.69) is 24.9 Å². The summed E-state index contributed by atoms with van der Waals surface area (Å²) < 4.78 is 54.5. The van der Waals surface area contributed by atoms with Crippen LogP contribution >= 0.6 is 11.3 Å². The topological polar surface area (TPSA) is 156 Å². The molecule has 0 atom stereocenters. The lowest BCUT2D eigenvalue weighted by Crippen LogP contribution is -2.50. The fourth-order valence-corrected chi connectivity index (χ4v) is 7.50. The van der Waals surface area contributed by atoms with Crippen molar-refractivity contribution in [1.29, 1.82) is 0 Å². The molecule has 0 saturated carbocycles. The van der Waals surface area contributed by atoms with Crippen LogP contribution in [-0.4, -0.2) is 83.6 Å². The number of thiazole rings is 1. The molecular weight excluding hydrogens is 710 g/mol. The molecule has 1 saturated heterocycles. The van der Waals surface area contributed by atoms with Gasteiger partial charge in [-0.2, -0.15) is 0 Å². The van der Waals surface area contributed by atoms with Gasteiger partial charge in [0.2, 0.25) is 16.0 Å². The van der Waals surface area contributed by atoms with Gasteiger partial charge in [-0.05, 0) is 90.4 Å². The first-order chi connectivity index (χ1) is 24.4. The van der Waals surface area contributed by atoms with Crippen molar-refractivity contribution in [2.75, 3.05) is 46.9 Å². The Hall–Kier alpha value is -4.83. The number of halogens is 1.